The average Bonchev–Trinajstić information content (AvgIpc) is 3.35. The third-order valence-electron chi connectivity index (χ3n) is 5.02. The Hall–Kier alpha value is 0.210. The molecule has 0 radical (unpaired) electrons. The van der Waals surface area contributed by atoms with E-state index in [0.717, 1.165) is 25.7 Å². The van der Waals surface area contributed by atoms with Gasteiger partial charge in [-0.25, -0.2) is 0 Å². The molecule has 0 heterocycles. The molecule has 1 aliphatic carbocycles. The maximum absolute atomic E-state index is 11.0. The summed E-state index contributed by atoms with van der Waals surface area (Å²) in [5.74, 6) is -0.540. The molecule has 0 bridgehead atoms. The van der Waals surface area contributed by atoms with Crippen molar-refractivity contribution >= 4 is 5.97 Å². The number of carbonyl (C=O) groups excluding carboxylic acids is 1. The molecule has 0 N–H and O–H groups in total. The molecule has 1 saturated carbocycles. The van der Waals surface area contributed by atoms with Crippen molar-refractivity contribution in [2.75, 3.05) is 0 Å². The van der Waals surface area contributed by atoms with Gasteiger partial charge in [0.15, 0.2) is 0 Å². The molecule has 24 heavy (non-hydrogen) atoms. The molecule has 3 heteroatoms. The van der Waals surface area contributed by atoms with E-state index < -0.39 is 5.97 Å². The van der Waals surface area contributed by atoms with Crippen LogP contribution in [0.2, 0.25) is 0 Å². The van der Waals surface area contributed by atoms with Gasteiger partial charge in [-0.2, -0.15) is 0 Å². The number of aliphatic carboxylic acids is 1. The second kappa shape index (κ2) is 16.7. The summed E-state index contributed by atoms with van der Waals surface area (Å²) in [5, 5.41) is 11.0. The van der Waals surface area contributed by atoms with Gasteiger partial charge in [0.25, 0.3) is 0 Å². The van der Waals surface area contributed by atoms with E-state index in [1.165, 1.54) is 70.6 Å². The van der Waals surface area contributed by atoms with E-state index >= 15 is 0 Å². The van der Waals surface area contributed by atoms with Crippen LogP contribution in [0.25, 0.3) is 0 Å². The number of allylic oxidation sites excluding steroid dienone is 2. The number of hydrogen-bond donors (Lipinski definition) is 0. The van der Waals surface area contributed by atoms with Crippen LogP contribution in [0.15, 0.2) is 12.2 Å². The molecular weight excluding hydrogens is 307 g/mol. The first-order valence-electron chi connectivity index (χ1n) is 10.1. The van der Waals surface area contributed by atoms with Crippen LogP contribution in [0.1, 0.15) is 103 Å². The van der Waals surface area contributed by atoms with Gasteiger partial charge in [0, 0.05) is 11.9 Å². The van der Waals surface area contributed by atoms with Gasteiger partial charge in [0.05, 0.1) is 0 Å². The first-order valence-corrected chi connectivity index (χ1v) is 10.1. The smallest absolute Gasteiger partial charge is 0.550 e. The minimum atomic E-state index is -0.815. The van der Waals surface area contributed by atoms with Gasteiger partial charge < -0.3 is 9.90 Å². The molecule has 0 amide bonds. The second-order valence-corrected chi connectivity index (χ2v) is 7.28. The quantitative estimate of drug-likeness (QED) is 0.245. The number of rotatable bonds is 16. The van der Waals surface area contributed by atoms with Gasteiger partial charge in [0.1, 0.15) is 0 Å². The summed E-state index contributed by atoms with van der Waals surface area (Å²) in [6.07, 6.45) is 23.1. The van der Waals surface area contributed by atoms with Gasteiger partial charge in [0.2, 0.25) is 0 Å². The van der Waals surface area contributed by atoms with E-state index in [1.807, 2.05) is 0 Å². The minimum absolute atomic E-state index is 0. The van der Waals surface area contributed by atoms with E-state index in [2.05, 4.69) is 19.1 Å². The molecule has 0 aromatic carbocycles. The van der Waals surface area contributed by atoms with Crippen LogP contribution in [-0.2, 0) is 4.79 Å². The summed E-state index contributed by atoms with van der Waals surface area (Å²) in [4.78, 5) is 11.0. The van der Waals surface area contributed by atoms with Crippen molar-refractivity contribution in [1.82, 2.24) is 0 Å². The van der Waals surface area contributed by atoms with Crippen LogP contribution < -0.4 is 34.7 Å². The summed E-state index contributed by atoms with van der Waals surface area (Å²) < 4.78 is 0. The fourth-order valence-corrected chi connectivity index (χ4v) is 3.30. The van der Waals surface area contributed by atoms with Crippen molar-refractivity contribution in [2.45, 2.75) is 103 Å². The van der Waals surface area contributed by atoms with Crippen LogP contribution in [-0.4, -0.2) is 5.97 Å². The molecule has 0 aliphatic heterocycles. The molecule has 1 unspecified atom stereocenters. The van der Waals surface area contributed by atoms with E-state index in [-0.39, 0.29) is 35.5 Å². The number of carboxylic acid groups (broad SMARTS) is 1. The van der Waals surface area contributed by atoms with Gasteiger partial charge in [-0.3, -0.25) is 0 Å². The van der Waals surface area contributed by atoms with Crippen LogP contribution >= 0.6 is 0 Å². The summed E-state index contributed by atoms with van der Waals surface area (Å²) in [6, 6.07) is 0. The number of hydrogen-bond acceptors (Lipinski definition) is 2. The minimum Gasteiger partial charge on any atom is -0.550 e. The van der Waals surface area contributed by atoms with E-state index in [0.29, 0.717) is 5.92 Å². The topological polar surface area (TPSA) is 40.1 Å². The van der Waals surface area contributed by atoms with Crippen LogP contribution in [0.3, 0.4) is 0 Å². The Bertz CT molecular complexity index is 324. The van der Waals surface area contributed by atoms with Gasteiger partial charge in [-0.15, -0.1) is 0 Å². The SMILES string of the molecule is CCCCCCCC/C=C\CCCCCCC(C(=O)[O-])C1CC1.[Na+]. The van der Waals surface area contributed by atoms with E-state index in [4.69, 9.17) is 0 Å². The van der Waals surface area contributed by atoms with Crippen molar-refractivity contribution in [3.05, 3.63) is 12.2 Å². The Kier molecular flexibility index (Phi) is 16.8. The van der Waals surface area contributed by atoms with Crippen molar-refractivity contribution in [1.29, 1.82) is 0 Å². The Balaban J connectivity index is 0.00000529. The fourth-order valence-electron chi connectivity index (χ4n) is 3.30. The molecule has 0 aromatic heterocycles. The normalized spacial score (nSPS) is 15.4. The molecule has 1 aliphatic rings. The third-order valence-corrected chi connectivity index (χ3v) is 5.02. The number of carbonyl (C=O) groups is 1. The number of unbranched alkanes of at least 4 members (excludes halogenated alkanes) is 10. The summed E-state index contributed by atoms with van der Waals surface area (Å²) in [6.45, 7) is 2.26. The largest absolute Gasteiger partial charge is 1.00 e. The molecule has 2 nitrogen and oxygen atoms in total. The van der Waals surface area contributed by atoms with Crippen LogP contribution in [0, 0.1) is 11.8 Å². The molecular formula is C21H37NaO2. The predicted octanol–water partition coefficient (Wildman–Crippen LogP) is 2.41. The van der Waals surface area contributed by atoms with Gasteiger partial charge >= 0.3 is 29.6 Å². The fraction of sp³-hybridized carbons (Fsp3) is 0.857. The summed E-state index contributed by atoms with van der Waals surface area (Å²) in [7, 11) is 0. The molecule has 0 aromatic rings. The van der Waals surface area contributed by atoms with E-state index in [9.17, 15) is 9.90 Å². The first-order chi connectivity index (χ1) is 11.3. The Morgan fingerprint density at radius 2 is 1.42 bits per heavy atom. The van der Waals surface area contributed by atoms with Crippen LogP contribution in [0.4, 0.5) is 0 Å². The van der Waals surface area contributed by atoms with Gasteiger partial charge in [-0.05, 0) is 50.9 Å². The molecule has 1 rings (SSSR count). The Morgan fingerprint density at radius 1 is 0.917 bits per heavy atom. The molecule has 134 valence electrons. The van der Waals surface area contributed by atoms with Crippen molar-refractivity contribution in [3.8, 4) is 0 Å². The zero-order chi connectivity index (χ0) is 16.8. The predicted molar refractivity (Wildman–Crippen MR) is 96.1 cm³/mol. The van der Waals surface area contributed by atoms with E-state index in [1.54, 1.807) is 0 Å². The summed E-state index contributed by atoms with van der Waals surface area (Å²) in [5.41, 5.74) is 0. The van der Waals surface area contributed by atoms with Crippen molar-refractivity contribution in [3.63, 3.8) is 0 Å². The van der Waals surface area contributed by atoms with Gasteiger partial charge in [-0.1, -0.05) is 70.4 Å². The molecule has 0 saturated heterocycles. The van der Waals surface area contributed by atoms with Crippen LogP contribution in [0.5, 0.6) is 0 Å². The van der Waals surface area contributed by atoms with Crippen molar-refractivity contribution < 1.29 is 39.5 Å². The molecule has 1 atom stereocenters. The zero-order valence-electron chi connectivity index (χ0n) is 16.2. The molecule has 0 spiro atoms. The Labute approximate surface area is 172 Å². The maximum atomic E-state index is 11.0. The standard InChI is InChI=1S/C21H38O2.Na/c1-2-3-4-5-6-7-8-9-10-11-12-13-14-15-16-20(21(22)23)19-17-18-19;/h9-10,19-20H,2-8,11-18H2,1H3,(H,22,23);/q;+1/p-1/b10-9-;. The average molecular weight is 345 g/mol. The summed E-state index contributed by atoms with van der Waals surface area (Å²) >= 11 is 0. The second-order valence-electron chi connectivity index (χ2n) is 7.28. The Morgan fingerprint density at radius 3 is 1.92 bits per heavy atom. The monoisotopic (exact) mass is 344 g/mol. The number of carboxylic acids is 1. The third kappa shape index (κ3) is 13.5. The zero-order valence-corrected chi connectivity index (χ0v) is 18.2. The maximum Gasteiger partial charge on any atom is 1.00 e. The van der Waals surface area contributed by atoms with Crippen molar-refractivity contribution in [2.24, 2.45) is 11.8 Å². The molecule has 1 fully saturated rings. The first kappa shape index (κ1) is 24.2.